The van der Waals surface area contributed by atoms with Crippen LogP contribution in [0, 0.1) is 10.1 Å². The second-order valence-corrected chi connectivity index (χ2v) is 7.73. The number of hydrogen-bond donors (Lipinski definition) is 1. The molecule has 0 aliphatic heterocycles. The molecular formula is C23H35NO7. The molecule has 1 rings (SSSR count). The molecule has 8 nitrogen and oxygen atoms in total. The molecule has 1 unspecified atom stereocenters. The first-order chi connectivity index (χ1) is 14.9. The smallest absolute Gasteiger partial charge is 0.479 e. The van der Waals surface area contributed by atoms with Gasteiger partial charge in [-0.15, -0.1) is 0 Å². The molecule has 1 aromatic rings. The Morgan fingerprint density at radius 2 is 1.39 bits per heavy atom. The number of nitro groups is 1. The molecule has 0 aliphatic carbocycles. The highest BCUT2D eigenvalue weighted by atomic mass is 16.7. The number of benzene rings is 1. The first-order valence-corrected chi connectivity index (χ1v) is 11.3. The van der Waals surface area contributed by atoms with Crippen LogP contribution in [0.1, 0.15) is 90.4 Å². The van der Waals surface area contributed by atoms with Gasteiger partial charge >= 0.3 is 12.1 Å². The van der Waals surface area contributed by atoms with Gasteiger partial charge in [-0.05, 0) is 25.0 Å². The molecule has 0 aromatic heterocycles. The molecule has 1 aromatic carbocycles. The van der Waals surface area contributed by atoms with Crippen LogP contribution in [0.25, 0.3) is 0 Å². The maximum absolute atomic E-state index is 11.8. The van der Waals surface area contributed by atoms with Gasteiger partial charge in [-0.1, -0.05) is 77.6 Å². The standard InChI is InChI=1S/C23H35NO7/c1-2-3-4-5-6-7-8-9-10-11-12-13-14-21(22(25)26)31-23(27)30-20-17-15-19(16-18-20)24(28)29/h15-18,21H,2-14H2,1H3,(H,25,26). The van der Waals surface area contributed by atoms with Crippen LogP contribution in [0.2, 0.25) is 0 Å². The lowest BCUT2D eigenvalue weighted by Crippen LogP contribution is -2.28. The monoisotopic (exact) mass is 437 g/mol. The summed E-state index contributed by atoms with van der Waals surface area (Å²) in [7, 11) is 0. The van der Waals surface area contributed by atoms with Gasteiger partial charge in [-0.3, -0.25) is 10.1 Å². The predicted octanol–water partition coefficient (Wildman–Crippen LogP) is 6.65. The third-order valence-corrected chi connectivity index (χ3v) is 5.08. The Bertz CT molecular complexity index is 660. The van der Waals surface area contributed by atoms with Crippen molar-refractivity contribution < 1.29 is 29.1 Å². The number of unbranched alkanes of at least 4 members (excludes halogenated alkanes) is 11. The van der Waals surface area contributed by atoms with E-state index >= 15 is 0 Å². The van der Waals surface area contributed by atoms with Gasteiger partial charge in [0.15, 0.2) is 0 Å². The van der Waals surface area contributed by atoms with E-state index in [9.17, 15) is 24.8 Å². The molecular weight excluding hydrogens is 402 g/mol. The van der Waals surface area contributed by atoms with Crippen LogP contribution >= 0.6 is 0 Å². The summed E-state index contributed by atoms with van der Waals surface area (Å²) in [5.74, 6) is -1.17. The summed E-state index contributed by atoms with van der Waals surface area (Å²) in [5, 5.41) is 19.9. The quantitative estimate of drug-likeness (QED) is 0.0952. The van der Waals surface area contributed by atoms with E-state index in [-0.39, 0.29) is 17.9 Å². The van der Waals surface area contributed by atoms with E-state index in [1.807, 2.05) is 0 Å². The fraction of sp³-hybridized carbons (Fsp3) is 0.652. The van der Waals surface area contributed by atoms with E-state index in [0.29, 0.717) is 6.42 Å². The molecule has 0 fully saturated rings. The number of carbonyl (C=O) groups excluding carboxylic acids is 1. The zero-order valence-corrected chi connectivity index (χ0v) is 18.4. The van der Waals surface area contributed by atoms with Crippen molar-refractivity contribution in [2.45, 2.75) is 96.5 Å². The van der Waals surface area contributed by atoms with Crippen LogP contribution in [0.5, 0.6) is 5.75 Å². The van der Waals surface area contributed by atoms with E-state index in [2.05, 4.69) is 6.92 Å². The Morgan fingerprint density at radius 1 is 0.903 bits per heavy atom. The summed E-state index contributed by atoms with van der Waals surface area (Å²) in [6.07, 6.45) is 11.9. The Kier molecular flexibility index (Phi) is 13.7. The first kappa shape index (κ1) is 26.4. The molecule has 8 heteroatoms. The van der Waals surface area contributed by atoms with Crippen molar-refractivity contribution in [3.63, 3.8) is 0 Å². The van der Waals surface area contributed by atoms with Crippen molar-refractivity contribution in [1.29, 1.82) is 0 Å². The minimum atomic E-state index is -1.27. The number of nitrogens with zero attached hydrogens (tertiary/aromatic N) is 1. The molecule has 0 heterocycles. The number of rotatable bonds is 17. The van der Waals surface area contributed by atoms with Crippen molar-refractivity contribution in [1.82, 2.24) is 0 Å². The topological polar surface area (TPSA) is 116 Å². The molecule has 0 amide bonds. The van der Waals surface area contributed by atoms with E-state index in [0.717, 1.165) is 19.3 Å². The lowest BCUT2D eigenvalue weighted by Gasteiger charge is -2.13. The zero-order valence-electron chi connectivity index (χ0n) is 18.4. The van der Waals surface area contributed by atoms with Crippen molar-refractivity contribution in [3.05, 3.63) is 34.4 Å². The van der Waals surface area contributed by atoms with Crippen LogP contribution in [-0.4, -0.2) is 28.3 Å². The Hall–Kier alpha value is -2.64. The summed E-state index contributed by atoms with van der Waals surface area (Å²) in [5.41, 5.74) is -0.142. The summed E-state index contributed by atoms with van der Waals surface area (Å²) in [6, 6.07) is 4.87. The molecule has 1 N–H and O–H groups in total. The summed E-state index contributed by atoms with van der Waals surface area (Å²) >= 11 is 0. The number of non-ortho nitro benzene ring substituents is 1. The predicted molar refractivity (Wildman–Crippen MR) is 117 cm³/mol. The van der Waals surface area contributed by atoms with Gasteiger partial charge in [-0.25, -0.2) is 9.59 Å². The molecule has 0 radical (unpaired) electrons. The fourth-order valence-corrected chi connectivity index (χ4v) is 3.28. The molecule has 1 atom stereocenters. The van der Waals surface area contributed by atoms with Gasteiger partial charge in [0.1, 0.15) is 5.75 Å². The van der Waals surface area contributed by atoms with Gasteiger partial charge in [0, 0.05) is 12.1 Å². The van der Waals surface area contributed by atoms with E-state index in [1.165, 1.54) is 75.6 Å². The Labute approximate surface area is 184 Å². The van der Waals surface area contributed by atoms with E-state index < -0.39 is 23.2 Å². The third kappa shape index (κ3) is 12.6. The van der Waals surface area contributed by atoms with Gasteiger partial charge in [0.05, 0.1) is 4.92 Å². The lowest BCUT2D eigenvalue weighted by molar-refractivity contribution is -0.384. The number of carboxylic acid groups (broad SMARTS) is 1. The van der Waals surface area contributed by atoms with Crippen LogP contribution in [0.3, 0.4) is 0 Å². The number of hydrogen-bond acceptors (Lipinski definition) is 6. The van der Waals surface area contributed by atoms with E-state index in [4.69, 9.17) is 9.47 Å². The van der Waals surface area contributed by atoms with Gasteiger partial charge in [0.25, 0.3) is 5.69 Å². The third-order valence-electron chi connectivity index (χ3n) is 5.08. The normalized spacial score (nSPS) is 11.6. The fourth-order valence-electron chi connectivity index (χ4n) is 3.28. The van der Waals surface area contributed by atoms with Crippen molar-refractivity contribution in [3.8, 4) is 5.75 Å². The molecule has 174 valence electrons. The number of carboxylic acids is 1. The highest BCUT2D eigenvalue weighted by Crippen LogP contribution is 2.19. The zero-order chi connectivity index (χ0) is 22.9. The van der Waals surface area contributed by atoms with Crippen LogP contribution < -0.4 is 4.74 Å². The number of ether oxygens (including phenoxy) is 2. The highest BCUT2D eigenvalue weighted by Gasteiger charge is 2.23. The number of nitro benzene ring substituents is 1. The largest absolute Gasteiger partial charge is 0.514 e. The van der Waals surface area contributed by atoms with Crippen molar-refractivity contribution in [2.75, 3.05) is 0 Å². The molecule has 31 heavy (non-hydrogen) atoms. The molecule has 0 bridgehead atoms. The Morgan fingerprint density at radius 3 is 1.84 bits per heavy atom. The van der Waals surface area contributed by atoms with Crippen LogP contribution in [0.15, 0.2) is 24.3 Å². The average molecular weight is 438 g/mol. The minimum absolute atomic E-state index is 0.0464. The number of carbonyl (C=O) groups is 2. The summed E-state index contributed by atoms with van der Waals surface area (Å²) in [4.78, 5) is 33.2. The first-order valence-electron chi connectivity index (χ1n) is 11.3. The average Bonchev–Trinajstić information content (AvgIpc) is 2.73. The summed E-state index contributed by atoms with van der Waals surface area (Å²) < 4.78 is 9.79. The molecule has 0 saturated heterocycles. The second-order valence-electron chi connectivity index (χ2n) is 7.73. The SMILES string of the molecule is CCCCCCCCCCCCCCC(OC(=O)Oc1ccc([N+](=O)[O-])cc1)C(=O)O. The maximum Gasteiger partial charge on any atom is 0.514 e. The Balaban J connectivity index is 2.17. The molecule has 0 saturated carbocycles. The second kappa shape index (κ2) is 16.1. The van der Waals surface area contributed by atoms with Crippen LogP contribution in [0.4, 0.5) is 10.5 Å². The number of aliphatic carboxylic acids is 1. The highest BCUT2D eigenvalue weighted by molar-refractivity contribution is 5.76. The lowest BCUT2D eigenvalue weighted by atomic mass is 10.0. The summed E-state index contributed by atoms with van der Waals surface area (Å²) in [6.45, 7) is 2.22. The van der Waals surface area contributed by atoms with Gasteiger partial charge < -0.3 is 14.6 Å². The van der Waals surface area contributed by atoms with Crippen molar-refractivity contribution >= 4 is 17.8 Å². The minimum Gasteiger partial charge on any atom is -0.479 e. The van der Waals surface area contributed by atoms with Crippen molar-refractivity contribution in [2.24, 2.45) is 0 Å². The maximum atomic E-state index is 11.8. The van der Waals surface area contributed by atoms with Gasteiger partial charge in [-0.2, -0.15) is 0 Å². The van der Waals surface area contributed by atoms with Gasteiger partial charge in [0.2, 0.25) is 6.10 Å². The molecule has 0 spiro atoms. The van der Waals surface area contributed by atoms with Crippen LogP contribution in [-0.2, 0) is 9.53 Å². The van der Waals surface area contributed by atoms with E-state index in [1.54, 1.807) is 0 Å². The molecule has 0 aliphatic rings.